The Morgan fingerprint density at radius 2 is 1.77 bits per heavy atom. The summed E-state index contributed by atoms with van der Waals surface area (Å²) in [5, 5.41) is 11.9. The van der Waals surface area contributed by atoms with Crippen molar-refractivity contribution in [2.24, 2.45) is 0 Å². The first-order chi connectivity index (χ1) is 14.4. The molecular formula is C24H26N2O4. The van der Waals surface area contributed by atoms with E-state index in [1.807, 2.05) is 45.0 Å². The number of carbonyl (C=O) groups excluding carboxylic acids is 2. The molecule has 0 spiro atoms. The van der Waals surface area contributed by atoms with E-state index in [0.717, 1.165) is 24.0 Å². The molecule has 6 heteroatoms. The van der Waals surface area contributed by atoms with Crippen molar-refractivity contribution in [2.45, 2.75) is 33.6 Å². The van der Waals surface area contributed by atoms with Crippen molar-refractivity contribution in [1.29, 1.82) is 5.26 Å². The van der Waals surface area contributed by atoms with Crippen LogP contribution < -0.4 is 14.8 Å². The minimum absolute atomic E-state index is 0.0258. The van der Waals surface area contributed by atoms with Gasteiger partial charge in [-0.2, -0.15) is 5.26 Å². The first kappa shape index (κ1) is 22.7. The van der Waals surface area contributed by atoms with Gasteiger partial charge in [0.2, 0.25) is 0 Å². The van der Waals surface area contributed by atoms with Gasteiger partial charge in [-0.15, -0.1) is 0 Å². The van der Waals surface area contributed by atoms with Crippen LogP contribution in [0.5, 0.6) is 11.5 Å². The van der Waals surface area contributed by atoms with Crippen LogP contribution in [0.15, 0.2) is 48.0 Å². The Bertz CT molecular complexity index is 936. The maximum Gasteiger partial charge on any atom is 0.349 e. The van der Waals surface area contributed by atoms with Crippen LogP contribution in [0, 0.1) is 25.2 Å². The molecule has 0 aromatic heterocycles. The van der Waals surface area contributed by atoms with Crippen molar-refractivity contribution < 1.29 is 19.1 Å². The van der Waals surface area contributed by atoms with Gasteiger partial charge in [-0.3, -0.25) is 4.79 Å². The highest BCUT2D eigenvalue weighted by Gasteiger charge is 2.10. The second-order valence-corrected chi connectivity index (χ2v) is 6.83. The fraction of sp³-hybridized carbons (Fsp3) is 0.292. The van der Waals surface area contributed by atoms with Gasteiger partial charge in [0.15, 0.2) is 6.61 Å². The van der Waals surface area contributed by atoms with Crippen molar-refractivity contribution in [3.8, 4) is 17.6 Å². The number of aryl methyl sites for hydroxylation is 2. The highest BCUT2D eigenvalue weighted by molar-refractivity contribution is 6.01. The van der Waals surface area contributed by atoms with Gasteiger partial charge in [-0.05, 0) is 55.2 Å². The number of rotatable bonds is 9. The summed E-state index contributed by atoms with van der Waals surface area (Å²) in [6.45, 7) is 6.19. The standard InChI is InChI=1S/C24H26N2O4/c1-4-5-13-26-24(28)20(15-25)14-19-9-11-21(12-10-19)30-22(27)16-29-23-17(2)7-6-8-18(23)3/h6-12,14H,4-5,13,16H2,1-3H3,(H,26,28)/b20-14+. The molecule has 0 radical (unpaired) electrons. The molecule has 0 atom stereocenters. The van der Waals surface area contributed by atoms with Crippen molar-refractivity contribution >= 4 is 18.0 Å². The van der Waals surface area contributed by atoms with Crippen LogP contribution in [0.25, 0.3) is 6.08 Å². The average Bonchev–Trinajstić information content (AvgIpc) is 2.73. The van der Waals surface area contributed by atoms with Gasteiger partial charge < -0.3 is 14.8 Å². The molecule has 0 saturated carbocycles. The lowest BCUT2D eigenvalue weighted by Gasteiger charge is -2.11. The molecule has 6 nitrogen and oxygen atoms in total. The first-order valence-corrected chi connectivity index (χ1v) is 9.84. The van der Waals surface area contributed by atoms with Crippen molar-refractivity contribution in [2.75, 3.05) is 13.2 Å². The molecule has 2 aromatic rings. The number of amides is 1. The van der Waals surface area contributed by atoms with E-state index in [1.165, 1.54) is 6.08 Å². The summed E-state index contributed by atoms with van der Waals surface area (Å²) in [7, 11) is 0. The quantitative estimate of drug-likeness (QED) is 0.223. The minimum atomic E-state index is -0.519. The topological polar surface area (TPSA) is 88.4 Å². The number of hydrogen-bond acceptors (Lipinski definition) is 5. The zero-order valence-corrected chi connectivity index (χ0v) is 17.5. The second kappa shape index (κ2) is 11.4. The van der Waals surface area contributed by atoms with Gasteiger partial charge in [0.1, 0.15) is 23.1 Å². The number of ether oxygens (including phenoxy) is 2. The average molecular weight is 406 g/mol. The number of para-hydroxylation sites is 1. The fourth-order valence-corrected chi connectivity index (χ4v) is 2.74. The monoisotopic (exact) mass is 406 g/mol. The SMILES string of the molecule is CCCCNC(=O)/C(C#N)=C/c1ccc(OC(=O)COc2c(C)cccc2C)cc1. The molecule has 0 unspecified atom stereocenters. The predicted molar refractivity (Wildman–Crippen MR) is 115 cm³/mol. The Hall–Kier alpha value is -3.59. The Labute approximate surface area is 177 Å². The lowest BCUT2D eigenvalue weighted by Crippen LogP contribution is -2.25. The van der Waals surface area contributed by atoms with Gasteiger partial charge >= 0.3 is 5.97 Å². The van der Waals surface area contributed by atoms with E-state index in [2.05, 4.69) is 5.32 Å². The molecule has 156 valence electrons. The minimum Gasteiger partial charge on any atom is -0.481 e. The van der Waals surface area contributed by atoms with E-state index in [9.17, 15) is 14.9 Å². The van der Waals surface area contributed by atoms with Crippen LogP contribution in [0.3, 0.4) is 0 Å². The smallest absolute Gasteiger partial charge is 0.349 e. The normalized spacial score (nSPS) is 10.8. The molecule has 1 amide bonds. The number of hydrogen-bond donors (Lipinski definition) is 1. The van der Waals surface area contributed by atoms with Gasteiger partial charge in [0.05, 0.1) is 0 Å². The number of carbonyl (C=O) groups is 2. The first-order valence-electron chi connectivity index (χ1n) is 9.84. The number of nitrogens with zero attached hydrogens (tertiary/aromatic N) is 1. The van der Waals surface area contributed by atoms with E-state index in [0.29, 0.717) is 23.6 Å². The Kier molecular flexibility index (Phi) is 8.64. The van der Waals surface area contributed by atoms with Crippen LogP contribution in [-0.2, 0) is 9.59 Å². The van der Waals surface area contributed by atoms with E-state index in [-0.39, 0.29) is 12.2 Å². The molecule has 2 aromatic carbocycles. The van der Waals surface area contributed by atoms with Crippen LogP contribution in [0.1, 0.15) is 36.5 Å². The molecular weight excluding hydrogens is 380 g/mol. The van der Waals surface area contributed by atoms with Crippen molar-refractivity contribution in [1.82, 2.24) is 5.32 Å². The van der Waals surface area contributed by atoms with Gasteiger partial charge in [0.25, 0.3) is 5.91 Å². The Balaban J connectivity index is 1.94. The summed E-state index contributed by atoms with van der Waals surface area (Å²) in [4.78, 5) is 24.1. The van der Waals surface area contributed by atoms with Crippen LogP contribution in [-0.4, -0.2) is 25.0 Å². The van der Waals surface area contributed by atoms with E-state index >= 15 is 0 Å². The summed E-state index contributed by atoms with van der Waals surface area (Å²) in [5.74, 6) is 0.114. The van der Waals surface area contributed by atoms with E-state index < -0.39 is 11.9 Å². The molecule has 0 heterocycles. The van der Waals surface area contributed by atoms with Crippen LogP contribution in [0.4, 0.5) is 0 Å². The second-order valence-electron chi connectivity index (χ2n) is 6.83. The summed E-state index contributed by atoms with van der Waals surface area (Å²) in [5.41, 5.74) is 2.58. The maximum atomic E-state index is 12.1. The molecule has 0 fully saturated rings. The number of esters is 1. The third-order valence-corrected chi connectivity index (χ3v) is 4.35. The van der Waals surface area contributed by atoms with Crippen LogP contribution in [0.2, 0.25) is 0 Å². The number of nitrogens with one attached hydrogen (secondary N) is 1. The summed E-state index contributed by atoms with van der Waals surface area (Å²) in [6.07, 6.45) is 3.32. The van der Waals surface area contributed by atoms with Crippen LogP contribution >= 0.6 is 0 Å². The molecule has 1 N–H and O–H groups in total. The molecule has 0 aliphatic carbocycles. The van der Waals surface area contributed by atoms with Gasteiger partial charge in [-0.25, -0.2) is 4.79 Å². The third-order valence-electron chi connectivity index (χ3n) is 4.35. The number of benzene rings is 2. The molecule has 0 aliphatic heterocycles. The van der Waals surface area contributed by atoms with E-state index in [1.54, 1.807) is 24.3 Å². The zero-order chi connectivity index (χ0) is 21.9. The largest absolute Gasteiger partial charge is 0.481 e. The Morgan fingerprint density at radius 1 is 1.10 bits per heavy atom. The number of nitriles is 1. The molecule has 0 saturated heterocycles. The van der Waals surface area contributed by atoms with Gasteiger partial charge in [0, 0.05) is 6.54 Å². The highest BCUT2D eigenvalue weighted by Crippen LogP contribution is 2.22. The molecule has 0 bridgehead atoms. The van der Waals surface area contributed by atoms with E-state index in [4.69, 9.17) is 9.47 Å². The summed E-state index contributed by atoms with van der Waals surface area (Å²) in [6, 6.07) is 14.2. The highest BCUT2D eigenvalue weighted by atomic mass is 16.6. The molecule has 2 rings (SSSR count). The lowest BCUT2D eigenvalue weighted by atomic mass is 10.1. The van der Waals surface area contributed by atoms with Gasteiger partial charge in [-0.1, -0.05) is 43.7 Å². The summed E-state index contributed by atoms with van der Waals surface area (Å²) < 4.78 is 10.9. The van der Waals surface area contributed by atoms with Crippen molar-refractivity contribution in [3.63, 3.8) is 0 Å². The maximum absolute atomic E-state index is 12.1. The predicted octanol–water partition coefficient (Wildman–Crippen LogP) is 4.11. The van der Waals surface area contributed by atoms with Crippen molar-refractivity contribution in [3.05, 3.63) is 64.7 Å². The number of unbranched alkanes of at least 4 members (excludes halogenated alkanes) is 1. The molecule has 0 aliphatic rings. The third kappa shape index (κ3) is 6.78. The lowest BCUT2D eigenvalue weighted by molar-refractivity contribution is -0.136. The molecule has 30 heavy (non-hydrogen) atoms. The zero-order valence-electron chi connectivity index (χ0n) is 17.5. The fourth-order valence-electron chi connectivity index (χ4n) is 2.74. The summed E-state index contributed by atoms with van der Waals surface area (Å²) >= 11 is 0. The Morgan fingerprint density at radius 3 is 2.37 bits per heavy atom.